The lowest BCUT2D eigenvalue weighted by atomic mass is 9.95. The average molecular weight is 291 g/mol. The number of aliphatic hydroxyl groups is 1. The van der Waals surface area contributed by atoms with Crippen LogP contribution in [0, 0.1) is 5.41 Å². The number of hydrogen-bond acceptors (Lipinski definition) is 2. The first-order chi connectivity index (χ1) is 8.34. The Labute approximate surface area is 116 Å². The van der Waals surface area contributed by atoms with E-state index in [1.807, 2.05) is 13.8 Å². The Hall–Kier alpha value is -0.970. The van der Waals surface area contributed by atoms with Crippen LogP contribution < -0.4 is 10.6 Å². The fourth-order valence-electron chi connectivity index (χ4n) is 1.12. The Balaban J connectivity index is 2.52. The Morgan fingerprint density at radius 2 is 2.00 bits per heavy atom. The largest absolute Gasteiger partial charge is 0.396 e. The number of hydrogen-bond donors (Lipinski definition) is 3. The van der Waals surface area contributed by atoms with Crippen molar-refractivity contribution in [1.29, 1.82) is 0 Å². The predicted molar refractivity (Wildman–Crippen MR) is 74.4 cm³/mol. The van der Waals surface area contributed by atoms with E-state index in [1.165, 1.54) is 0 Å². The van der Waals surface area contributed by atoms with E-state index in [-0.39, 0.29) is 18.1 Å². The van der Waals surface area contributed by atoms with Crippen molar-refractivity contribution < 1.29 is 9.90 Å². The van der Waals surface area contributed by atoms with Gasteiger partial charge >= 0.3 is 6.03 Å². The highest BCUT2D eigenvalue weighted by atomic mass is 35.5. The molecule has 1 aromatic carbocycles. The zero-order valence-electron chi connectivity index (χ0n) is 10.3. The maximum absolute atomic E-state index is 11.6. The third-order valence-electron chi connectivity index (χ3n) is 2.33. The number of rotatable bonds is 4. The fourth-order valence-corrected chi connectivity index (χ4v) is 1.42. The molecule has 0 aliphatic rings. The fraction of sp³-hybridized carbons (Fsp3) is 0.417. The van der Waals surface area contributed by atoms with E-state index in [0.717, 1.165) is 0 Å². The van der Waals surface area contributed by atoms with Crippen LogP contribution in [0.25, 0.3) is 0 Å². The molecule has 3 N–H and O–H groups in total. The number of benzene rings is 1. The van der Waals surface area contributed by atoms with Gasteiger partial charge in [0.05, 0.1) is 10.0 Å². The lowest BCUT2D eigenvalue weighted by Gasteiger charge is -2.21. The zero-order chi connectivity index (χ0) is 13.8. The lowest BCUT2D eigenvalue weighted by molar-refractivity contribution is 0.158. The summed E-state index contributed by atoms with van der Waals surface area (Å²) in [6, 6.07) is 4.48. The quantitative estimate of drug-likeness (QED) is 0.798. The third kappa shape index (κ3) is 4.72. The Morgan fingerprint density at radius 1 is 1.33 bits per heavy atom. The molecular weight excluding hydrogens is 275 g/mol. The van der Waals surface area contributed by atoms with Gasteiger partial charge in [-0.1, -0.05) is 37.0 Å². The summed E-state index contributed by atoms with van der Waals surface area (Å²) < 4.78 is 0. The maximum atomic E-state index is 11.6. The molecule has 0 bridgehead atoms. The second-order valence-electron chi connectivity index (χ2n) is 4.76. The first kappa shape index (κ1) is 15.1. The molecule has 1 aromatic rings. The van der Waals surface area contributed by atoms with Crippen LogP contribution in [0.3, 0.4) is 0 Å². The highest BCUT2D eigenvalue weighted by Gasteiger charge is 2.17. The summed E-state index contributed by atoms with van der Waals surface area (Å²) in [5.74, 6) is 0. The smallest absolute Gasteiger partial charge is 0.319 e. The van der Waals surface area contributed by atoms with Gasteiger partial charge < -0.3 is 15.7 Å². The molecule has 0 saturated heterocycles. The van der Waals surface area contributed by atoms with Gasteiger partial charge in [-0.15, -0.1) is 0 Å². The minimum Gasteiger partial charge on any atom is -0.396 e. The van der Waals surface area contributed by atoms with Crippen molar-refractivity contribution >= 4 is 34.9 Å². The number of anilines is 1. The molecule has 0 atom stereocenters. The van der Waals surface area contributed by atoms with Gasteiger partial charge in [0.1, 0.15) is 0 Å². The third-order valence-corrected chi connectivity index (χ3v) is 3.07. The molecule has 18 heavy (non-hydrogen) atoms. The SMILES string of the molecule is CC(C)(CO)CNC(=O)Nc1ccc(Cl)c(Cl)c1. The van der Waals surface area contributed by atoms with Gasteiger partial charge in [0.25, 0.3) is 0 Å². The van der Waals surface area contributed by atoms with E-state index in [0.29, 0.717) is 22.3 Å². The molecule has 0 aromatic heterocycles. The van der Waals surface area contributed by atoms with Gasteiger partial charge in [-0.05, 0) is 18.2 Å². The Kier molecular flexibility index (Phi) is 5.26. The average Bonchev–Trinajstić information content (AvgIpc) is 2.32. The molecule has 0 unspecified atom stereocenters. The second kappa shape index (κ2) is 6.27. The minimum atomic E-state index is -0.352. The summed E-state index contributed by atoms with van der Waals surface area (Å²) in [6.45, 7) is 4.08. The molecule has 4 nitrogen and oxygen atoms in total. The van der Waals surface area contributed by atoms with Crippen LogP contribution in [0.2, 0.25) is 10.0 Å². The molecule has 6 heteroatoms. The second-order valence-corrected chi connectivity index (χ2v) is 5.57. The van der Waals surface area contributed by atoms with Crippen molar-refractivity contribution in [2.24, 2.45) is 5.41 Å². The van der Waals surface area contributed by atoms with Gasteiger partial charge in [-0.25, -0.2) is 4.79 Å². The maximum Gasteiger partial charge on any atom is 0.319 e. The van der Waals surface area contributed by atoms with Crippen LogP contribution in [0.5, 0.6) is 0 Å². The number of carbonyl (C=O) groups is 1. The Morgan fingerprint density at radius 3 is 2.56 bits per heavy atom. The van der Waals surface area contributed by atoms with Gasteiger partial charge in [0, 0.05) is 24.3 Å². The normalized spacial score (nSPS) is 11.2. The number of nitrogens with one attached hydrogen (secondary N) is 2. The summed E-state index contributed by atoms with van der Waals surface area (Å²) in [7, 11) is 0. The lowest BCUT2D eigenvalue weighted by Crippen LogP contribution is -2.38. The van der Waals surface area contributed by atoms with Crippen molar-refractivity contribution in [3.8, 4) is 0 Å². The van der Waals surface area contributed by atoms with Gasteiger partial charge in [0.15, 0.2) is 0 Å². The molecule has 1 rings (SSSR count). The summed E-state index contributed by atoms with van der Waals surface area (Å²) in [4.78, 5) is 11.6. The molecule has 0 aliphatic heterocycles. The van der Waals surface area contributed by atoms with Crippen LogP contribution in [0.4, 0.5) is 10.5 Å². The topological polar surface area (TPSA) is 61.4 Å². The first-order valence-electron chi connectivity index (χ1n) is 5.45. The molecule has 0 heterocycles. The van der Waals surface area contributed by atoms with Gasteiger partial charge in [0.2, 0.25) is 0 Å². The summed E-state index contributed by atoms with van der Waals surface area (Å²) in [6.07, 6.45) is 0. The number of carbonyl (C=O) groups excluding carboxylic acids is 1. The summed E-state index contributed by atoms with van der Waals surface area (Å²) in [5.41, 5.74) is 0.207. The van der Waals surface area contributed by atoms with E-state index in [9.17, 15) is 4.79 Å². The standard InChI is InChI=1S/C12H16Cl2N2O2/c1-12(2,7-17)6-15-11(18)16-8-3-4-9(13)10(14)5-8/h3-5,17H,6-7H2,1-2H3,(H2,15,16,18). The molecule has 0 fully saturated rings. The molecule has 0 spiro atoms. The van der Waals surface area contributed by atoms with Gasteiger partial charge in [-0.2, -0.15) is 0 Å². The monoisotopic (exact) mass is 290 g/mol. The van der Waals surface area contributed by atoms with E-state index in [4.69, 9.17) is 28.3 Å². The zero-order valence-corrected chi connectivity index (χ0v) is 11.8. The first-order valence-corrected chi connectivity index (χ1v) is 6.20. The summed E-state index contributed by atoms with van der Waals surface area (Å²) >= 11 is 11.6. The molecule has 2 amide bonds. The molecular formula is C12H16Cl2N2O2. The number of halogens is 2. The van der Waals surface area contributed by atoms with Crippen LogP contribution in [-0.2, 0) is 0 Å². The number of amides is 2. The molecule has 0 saturated carbocycles. The number of aliphatic hydroxyl groups excluding tert-OH is 1. The Bertz CT molecular complexity index is 436. The molecule has 0 radical (unpaired) electrons. The van der Waals surface area contributed by atoms with E-state index >= 15 is 0 Å². The van der Waals surface area contributed by atoms with Crippen molar-refractivity contribution in [2.45, 2.75) is 13.8 Å². The van der Waals surface area contributed by atoms with Crippen LogP contribution in [0.1, 0.15) is 13.8 Å². The van der Waals surface area contributed by atoms with Gasteiger partial charge in [-0.3, -0.25) is 0 Å². The van der Waals surface area contributed by atoms with Crippen molar-refractivity contribution in [2.75, 3.05) is 18.5 Å². The highest BCUT2D eigenvalue weighted by molar-refractivity contribution is 6.42. The highest BCUT2D eigenvalue weighted by Crippen LogP contribution is 2.24. The predicted octanol–water partition coefficient (Wildman–Crippen LogP) is 3.13. The number of urea groups is 1. The molecule has 100 valence electrons. The van der Waals surface area contributed by atoms with Crippen LogP contribution in [-0.4, -0.2) is 24.3 Å². The van der Waals surface area contributed by atoms with Crippen molar-refractivity contribution in [3.63, 3.8) is 0 Å². The van der Waals surface area contributed by atoms with Crippen molar-refractivity contribution in [3.05, 3.63) is 28.2 Å². The van der Waals surface area contributed by atoms with E-state index in [1.54, 1.807) is 18.2 Å². The van der Waals surface area contributed by atoms with E-state index in [2.05, 4.69) is 10.6 Å². The summed E-state index contributed by atoms with van der Waals surface area (Å²) in [5, 5.41) is 15.2. The van der Waals surface area contributed by atoms with E-state index < -0.39 is 0 Å². The molecule has 0 aliphatic carbocycles. The van der Waals surface area contributed by atoms with Crippen molar-refractivity contribution in [1.82, 2.24) is 5.32 Å². The minimum absolute atomic E-state index is 0.0000526. The van der Waals surface area contributed by atoms with Crippen LogP contribution >= 0.6 is 23.2 Å². The van der Waals surface area contributed by atoms with Crippen LogP contribution in [0.15, 0.2) is 18.2 Å².